The van der Waals surface area contributed by atoms with Gasteiger partial charge >= 0.3 is 0 Å². The van der Waals surface area contributed by atoms with Crippen molar-refractivity contribution in [3.63, 3.8) is 0 Å². The molecule has 0 aliphatic heterocycles. The molecule has 1 saturated carbocycles. The zero-order valence-electron chi connectivity index (χ0n) is 11.3. The number of aryl methyl sites for hydroxylation is 1. The van der Waals surface area contributed by atoms with Gasteiger partial charge in [-0.05, 0) is 31.9 Å². The van der Waals surface area contributed by atoms with E-state index in [0.717, 1.165) is 31.2 Å². The number of ether oxygens (including phenoxy) is 1. The van der Waals surface area contributed by atoms with Crippen LogP contribution in [-0.4, -0.2) is 29.8 Å². The van der Waals surface area contributed by atoms with Gasteiger partial charge in [-0.25, -0.2) is 0 Å². The van der Waals surface area contributed by atoms with Crippen molar-refractivity contribution in [2.24, 2.45) is 0 Å². The van der Waals surface area contributed by atoms with E-state index in [1.807, 2.05) is 31.2 Å². The van der Waals surface area contributed by atoms with E-state index in [2.05, 4.69) is 5.32 Å². The lowest BCUT2D eigenvalue weighted by molar-refractivity contribution is -0.124. The Morgan fingerprint density at radius 1 is 1.32 bits per heavy atom. The van der Waals surface area contributed by atoms with Gasteiger partial charge in [-0.2, -0.15) is 0 Å². The fourth-order valence-electron chi connectivity index (χ4n) is 2.31. The van der Waals surface area contributed by atoms with Gasteiger partial charge in [-0.15, -0.1) is 0 Å². The van der Waals surface area contributed by atoms with Gasteiger partial charge < -0.3 is 15.2 Å². The summed E-state index contributed by atoms with van der Waals surface area (Å²) in [7, 11) is 0. The predicted molar refractivity (Wildman–Crippen MR) is 73.1 cm³/mol. The summed E-state index contributed by atoms with van der Waals surface area (Å²) in [5, 5.41) is 12.8. The van der Waals surface area contributed by atoms with Crippen LogP contribution in [-0.2, 0) is 4.79 Å². The highest BCUT2D eigenvalue weighted by Crippen LogP contribution is 2.28. The average Bonchev–Trinajstić information content (AvgIpc) is 2.83. The quantitative estimate of drug-likeness (QED) is 0.851. The number of carbonyl (C=O) groups is 1. The molecule has 1 aliphatic carbocycles. The van der Waals surface area contributed by atoms with E-state index in [1.54, 1.807) is 0 Å². The summed E-state index contributed by atoms with van der Waals surface area (Å²) in [5.74, 6) is 0.487. The summed E-state index contributed by atoms with van der Waals surface area (Å²) < 4.78 is 5.38. The fourth-order valence-corrected chi connectivity index (χ4v) is 2.31. The maximum absolute atomic E-state index is 11.6. The van der Waals surface area contributed by atoms with Gasteiger partial charge in [-0.1, -0.05) is 30.5 Å². The lowest BCUT2D eigenvalue weighted by atomic mass is 10.0. The third-order valence-corrected chi connectivity index (χ3v) is 3.54. The summed E-state index contributed by atoms with van der Waals surface area (Å²) in [5.41, 5.74) is 0.444. The lowest BCUT2D eigenvalue weighted by Gasteiger charge is -2.22. The summed E-state index contributed by atoms with van der Waals surface area (Å²) in [6.45, 7) is 2.31. The molecular weight excluding hydrogens is 242 g/mol. The predicted octanol–water partition coefficient (Wildman–Crippen LogP) is 1.80. The Morgan fingerprint density at radius 3 is 2.58 bits per heavy atom. The molecule has 0 spiro atoms. The molecule has 1 aromatic carbocycles. The normalized spacial score (nSPS) is 17.2. The molecule has 4 nitrogen and oxygen atoms in total. The summed E-state index contributed by atoms with van der Waals surface area (Å²) in [6, 6.07) is 7.56. The molecule has 0 saturated heterocycles. The van der Waals surface area contributed by atoms with Crippen LogP contribution in [0.25, 0.3) is 0 Å². The van der Waals surface area contributed by atoms with Crippen LogP contribution in [0, 0.1) is 6.92 Å². The standard InChI is InChI=1S/C15H21NO3/c1-12-4-6-13(7-5-12)19-10-14(17)16-11-15(18)8-2-3-9-15/h4-7,18H,2-3,8-11H2,1H3,(H,16,17). The molecule has 0 aromatic heterocycles. The molecule has 0 bridgehead atoms. The van der Waals surface area contributed by atoms with Crippen molar-refractivity contribution in [2.75, 3.05) is 13.2 Å². The Kier molecular flexibility index (Phi) is 4.43. The van der Waals surface area contributed by atoms with Crippen LogP contribution >= 0.6 is 0 Å². The highest BCUT2D eigenvalue weighted by atomic mass is 16.5. The number of aliphatic hydroxyl groups is 1. The topological polar surface area (TPSA) is 58.6 Å². The summed E-state index contributed by atoms with van der Waals surface area (Å²) in [4.78, 5) is 11.6. The van der Waals surface area contributed by atoms with Gasteiger partial charge in [0.05, 0.1) is 5.60 Å². The monoisotopic (exact) mass is 263 g/mol. The van der Waals surface area contributed by atoms with Gasteiger partial charge in [0.2, 0.25) is 0 Å². The zero-order valence-corrected chi connectivity index (χ0v) is 11.3. The molecule has 104 valence electrons. The number of hydrogen-bond acceptors (Lipinski definition) is 3. The van der Waals surface area contributed by atoms with Gasteiger partial charge in [0.25, 0.3) is 5.91 Å². The number of carbonyl (C=O) groups excluding carboxylic acids is 1. The van der Waals surface area contributed by atoms with Crippen LogP contribution < -0.4 is 10.1 Å². The second kappa shape index (κ2) is 6.06. The van der Waals surface area contributed by atoms with E-state index in [0.29, 0.717) is 12.3 Å². The van der Waals surface area contributed by atoms with Crippen molar-refractivity contribution >= 4 is 5.91 Å². The van der Waals surface area contributed by atoms with Crippen LogP contribution in [0.5, 0.6) is 5.75 Å². The minimum Gasteiger partial charge on any atom is -0.484 e. The first-order chi connectivity index (χ1) is 9.07. The van der Waals surface area contributed by atoms with Gasteiger partial charge in [0.15, 0.2) is 6.61 Å². The van der Waals surface area contributed by atoms with E-state index in [9.17, 15) is 9.90 Å². The maximum atomic E-state index is 11.6. The Balaban J connectivity index is 1.71. The third-order valence-electron chi connectivity index (χ3n) is 3.54. The van der Waals surface area contributed by atoms with E-state index in [-0.39, 0.29) is 12.5 Å². The van der Waals surface area contributed by atoms with Crippen molar-refractivity contribution < 1.29 is 14.6 Å². The molecule has 2 rings (SSSR count). The van der Waals surface area contributed by atoms with Crippen molar-refractivity contribution in [3.8, 4) is 5.75 Å². The first-order valence-electron chi connectivity index (χ1n) is 6.76. The van der Waals surface area contributed by atoms with Crippen molar-refractivity contribution in [3.05, 3.63) is 29.8 Å². The minimum atomic E-state index is -0.709. The molecule has 0 heterocycles. The number of benzene rings is 1. The largest absolute Gasteiger partial charge is 0.484 e. The smallest absolute Gasteiger partial charge is 0.258 e. The third kappa shape index (κ3) is 4.24. The first kappa shape index (κ1) is 13.9. The van der Waals surface area contributed by atoms with E-state index in [1.165, 1.54) is 0 Å². The zero-order chi connectivity index (χ0) is 13.7. The van der Waals surface area contributed by atoms with Crippen LogP contribution in [0.2, 0.25) is 0 Å². The molecule has 0 atom stereocenters. The second-order valence-corrected chi connectivity index (χ2v) is 5.31. The summed E-state index contributed by atoms with van der Waals surface area (Å²) >= 11 is 0. The second-order valence-electron chi connectivity index (χ2n) is 5.31. The molecule has 1 aromatic rings. The Hall–Kier alpha value is -1.55. The van der Waals surface area contributed by atoms with Crippen LogP contribution in [0.4, 0.5) is 0 Å². The number of amides is 1. The number of rotatable bonds is 5. The van der Waals surface area contributed by atoms with Crippen LogP contribution in [0.1, 0.15) is 31.2 Å². The number of nitrogens with one attached hydrogen (secondary N) is 1. The molecule has 0 radical (unpaired) electrons. The van der Waals surface area contributed by atoms with E-state index < -0.39 is 5.60 Å². The molecule has 1 aliphatic rings. The molecular formula is C15H21NO3. The maximum Gasteiger partial charge on any atom is 0.258 e. The molecule has 1 amide bonds. The molecule has 1 fully saturated rings. The van der Waals surface area contributed by atoms with Crippen LogP contribution in [0.15, 0.2) is 24.3 Å². The Labute approximate surface area is 113 Å². The molecule has 0 unspecified atom stereocenters. The van der Waals surface area contributed by atoms with Crippen molar-refractivity contribution in [1.82, 2.24) is 5.32 Å². The van der Waals surface area contributed by atoms with Gasteiger partial charge in [-0.3, -0.25) is 4.79 Å². The molecule has 2 N–H and O–H groups in total. The van der Waals surface area contributed by atoms with Crippen LogP contribution in [0.3, 0.4) is 0 Å². The number of hydrogen-bond donors (Lipinski definition) is 2. The Bertz CT molecular complexity index is 422. The molecule has 4 heteroatoms. The first-order valence-corrected chi connectivity index (χ1v) is 6.76. The average molecular weight is 263 g/mol. The van der Waals surface area contributed by atoms with Crippen molar-refractivity contribution in [1.29, 1.82) is 0 Å². The highest BCUT2D eigenvalue weighted by Gasteiger charge is 2.31. The lowest BCUT2D eigenvalue weighted by Crippen LogP contribution is -2.42. The highest BCUT2D eigenvalue weighted by molar-refractivity contribution is 5.77. The van der Waals surface area contributed by atoms with E-state index in [4.69, 9.17) is 4.74 Å². The SMILES string of the molecule is Cc1ccc(OCC(=O)NCC2(O)CCCC2)cc1. The van der Waals surface area contributed by atoms with Gasteiger partial charge in [0, 0.05) is 6.54 Å². The van der Waals surface area contributed by atoms with Crippen molar-refractivity contribution in [2.45, 2.75) is 38.2 Å². The van der Waals surface area contributed by atoms with Gasteiger partial charge in [0.1, 0.15) is 5.75 Å². The minimum absolute atomic E-state index is 0.0147. The molecule has 19 heavy (non-hydrogen) atoms. The fraction of sp³-hybridized carbons (Fsp3) is 0.533. The van der Waals surface area contributed by atoms with E-state index >= 15 is 0 Å². The Morgan fingerprint density at radius 2 is 1.95 bits per heavy atom. The summed E-state index contributed by atoms with van der Waals surface area (Å²) in [6.07, 6.45) is 3.61.